The first-order valence-corrected chi connectivity index (χ1v) is 13.9. The second kappa shape index (κ2) is 6.24. The van der Waals surface area contributed by atoms with Crippen molar-refractivity contribution < 1.29 is 8.85 Å². The molecule has 0 saturated carbocycles. The second-order valence-corrected chi connectivity index (χ2v) is 15.8. The molecule has 0 radical (unpaired) electrons. The minimum Gasteiger partial charge on any atom is -0.544 e. The first-order chi connectivity index (χ1) is 8.61. The molecule has 1 unspecified atom stereocenters. The van der Waals surface area contributed by atoms with E-state index in [9.17, 15) is 0 Å². The zero-order valence-corrected chi connectivity index (χ0v) is 15.4. The molecule has 1 aromatic carbocycles. The summed E-state index contributed by atoms with van der Waals surface area (Å²) in [5, 5.41) is 0. The lowest BCUT2D eigenvalue weighted by Gasteiger charge is -2.26. The van der Waals surface area contributed by atoms with Gasteiger partial charge in [-0.25, -0.2) is 0 Å². The normalized spacial score (nSPS) is 14.3. The zero-order chi connectivity index (χ0) is 14.7. The van der Waals surface area contributed by atoms with Gasteiger partial charge in [0.2, 0.25) is 8.32 Å². The maximum atomic E-state index is 6.22. The molecule has 19 heavy (non-hydrogen) atoms. The van der Waals surface area contributed by atoms with E-state index in [0.29, 0.717) is 0 Å². The Morgan fingerprint density at radius 3 is 1.79 bits per heavy atom. The van der Waals surface area contributed by atoms with Crippen LogP contribution in [-0.2, 0) is 4.43 Å². The van der Waals surface area contributed by atoms with Gasteiger partial charge in [-0.3, -0.25) is 0 Å². The average Bonchev–Trinajstić information content (AvgIpc) is 2.23. The summed E-state index contributed by atoms with van der Waals surface area (Å²) in [6.45, 7) is 15.5. The topological polar surface area (TPSA) is 18.5 Å². The van der Waals surface area contributed by atoms with E-state index < -0.39 is 16.6 Å². The Labute approximate surface area is 120 Å². The summed E-state index contributed by atoms with van der Waals surface area (Å²) < 4.78 is 12.2. The van der Waals surface area contributed by atoms with Gasteiger partial charge in [0.1, 0.15) is 5.75 Å². The van der Waals surface area contributed by atoms with Crippen LogP contribution in [0.1, 0.15) is 25.0 Å². The first-order valence-electron chi connectivity index (χ1n) is 7.07. The summed E-state index contributed by atoms with van der Waals surface area (Å²) in [6, 6.07) is 8.43. The predicted molar refractivity (Wildman–Crippen MR) is 87.9 cm³/mol. The Bertz CT molecular complexity index is 388. The fourth-order valence-electron chi connectivity index (χ4n) is 1.92. The van der Waals surface area contributed by atoms with E-state index in [4.69, 9.17) is 8.85 Å². The molecule has 0 aliphatic carbocycles. The fraction of sp³-hybridized carbons (Fsp3) is 0.600. The van der Waals surface area contributed by atoms with Gasteiger partial charge in [0.25, 0.3) is 0 Å². The molecule has 1 aromatic rings. The van der Waals surface area contributed by atoms with Crippen molar-refractivity contribution in [3.63, 3.8) is 0 Å². The van der Waals surface area contributed by atoms with Crippen molar-refractivity contribution in [1.82, 2.24) is 0 Å². The largest absolute Gasteiger partial charge is 0.544 e. The van der Waals surface area contributed by atoms with Crippen molar-refractivity contribution in [3.8, 4) is 5.75 Å². The summed E-state index contributed by atoms with van der Waals surface area (Å²) in [4.78, 5) is 0. The molecule has 0 N–H and O–H groups in total. The van der Waals surface area contributed by atoms with Crippen LogP contribution in [0, 0.1) is 0 Å². The third-order valence-corrected chi connectivity index (χ3v) is 4.38. The molecular weight excluding hydrogens is 268 g/mol. The van der Waals surface area contributed by atoms with Crippen LogP contribution in [0.15, 0.2) is 24.3 Å². The van der Waals surface area contributed by atoms with Gasteiger partial charge in [0.15, 0.2) is 8.32 Å². The van der Waals surface area contributed by atoms with Gasteiger partial charge in [0, 0.05) is 0 Å². The van der Waals surface area contributed by atoms with Crippen LogP contribution in [0.5, 0.6) is 5.75 Å². The Morgan fingerprint density at radius 2 is 1.42 bits per heavy atom. The van der Waals surface area contributed by atoms with Crippen molar-refractivity contribution in [2.75, 3.05) is 0 Å². The van der Waals surface area contributed by atoms with E-state index in [0.717, 1.165) is 12.2 Å². The lowest BCUT2D eigenvalue weighted by atomic mass is 10.1. The van der Waals surface area contributed by atoms with Crippen LogP contribution in [-0.4, -0.2) is 16.6 Å². The van der Waals surface area contributed by atoms with Gasteiger partial charge in [-0.1, -0.05) is 19.1 Å². The summed E-state index contributed by atoms with van der Waals surface area (Å²) in [6.07, 6.45) is 1.23. The summed E-state index contributed by atoms with van der Waals surface area (Å²) >= 11 is 0. The van der Waals surface area contributed by atoms with Gasteiger partial charge >= 0.3 is 0 Å². The zero-order valence-electron chi connectivity index (χ0n) is 13.4. The third kappa shape index (κ3) is 6.41. The molecule has 0 aliphatic rings. The lowest BCUT2D eigenvalue weighted by molar-refractivity contribution is 0.193. The van der Waals surface area contributed by atoms with Crippen LogP contribution >= 0.6 is 0 Å². The standard InChI is InChI=1S/C15H28O2Si2/c1-8-15(17-19(5,6)7)13-9-11-14(12-10-13)16-18(2,3)4/h9-12,15H,8H2,1-7H3. The maximum absolute atomic E-state index is 6.22. The minimum atomic E-state index is -1.51. The van der Waals surface area contributed by atoms with Gasteiger partial charge in [-0.05, 0) is 63.4 Å². The molecule has 0 aliphatic heterocycles. The third-order valence-electron chi connectivity index (χ3n) is 2.54. The fourth-order valence-corrected chi connectivity index (χ4v) is 3.92. The predicted octanol–water partition coefficient (Wildman–Crippen LogP) is 5.20. The molecule has 1 rings (SSSR count). The van der Waals surface area contributed by atoms with E-state index in [2.05, 4.69) is 70.5 Å². The van der Waals surface area contributed by atoms with Crippen LogP contribution in [0.2, 0.25) is 39.3 Å². The van der Waals surface area contributed by atoms with Crippen LogP contribution < -0.4 is 4.43 Å². The molecule has 0 heterocycles. The SMILES string of the molecule is CCC(O[Si](C)(C)C)c1ccc(O[Si](C)(C)C)cc1. The Hall–Kier alpha value is -0.586. The van der Waals surface area contributed by atoms with Crippen molar-refractivity contribution in [3.05, 3.63) is 29.8 Å². The highest BCUT2D eigenvalue weighted by molar-refractivity contribution is 6.70. The number of benzene rings is 1. The van der Waals surface area contributed by atoms with E-state index in [-0.39, 0.29) is 6.10 Å². The van der Waals surface area contributed by atoms with E-state index in [1.54, 1.807) is 0 Å². The number of rotatable bonds is 6. The summed E-state index contributed by atoms with van der Waals surface area (Å²) in [5.41, 5.74) is 1.26. The Kier molecular flexibility index (Phi) is 5.41. The van der Waals surface area contributed by atoms with Gasteiger partial charge in [-0.2, -0.15) is 0 Å². The molecule has 2 nitrogen and oxygen atoms in total. The molecule has 0 aromatic heterocycles. The summed E-state index contributed by atoms with van der Waals surface area (Å²) in [5.74, 6) is 0.978. The highest BCUT2D eigenvalue weighted by Gasteiger charge is 2.21. The molecule has 0 saturated heterocycles. The molecule has 0 amide bonds. The molecular formula is C15H28O2Si2. The quantitative estimate of drug-likeness (QED) is 0.671. The number of hydrogen-bond donors (Lipinski definition) is 0. The van der Waals surface area contributed by atoms with E-state index in [1.165, 1.54) is 5.56 Å². The first kappa shape index (κ1) is 16.5. The van der Waals surface area contributed by atoms with Crippen LogP contribution in [0.3, 0.4) is 0 Å². The van der Waals surface area contributed by atoms with Gasteiger partial charge < -0.3 is 8.85 Å². The smallest absolute Gasteiger partial charge is 0.242 e. The molecule has 108 valence electrons. The Balaban J connectivity index is 2.79. The van der Waals surface area contributed by atoms with Crippen molar-refractivity contribution in [2.24, 2.45) is 0 Å². The van der Waals surface area contributed by atoms with E-state index in [1.807, 2.05) is 0 Å². The van der Waals surface area contributed by atoms with Crippen LogP contribution in [0.25, 0.3) is 0 Å². The highest BCUT2D eigenvalue weighted by Crippen LogP contribution is 2.27. The van der Waals surface area contributed by atoms with Crippen molar-refractivity contribution >= 4 is 16.6 Å². The average molecular weight is 297 g/mol. The van der Waals surface area contributed by atoms with Crippen LogP contribution in [0.4, 0.5) is 0 Å². The summed E-state index contributed by atoms with van der Waals surface area (Å²) in [7, 11) is -3.01. The Morgan fingerprint density at radius 1 is 0.895 bits per heavy atom. The number of hydrogen-bond acceptors (Lipinski definition) is 2. The van der Waals surface area contributed by atoms with Crippen molar-refractivity contribution in [2.45, 2.75) is 58.7 Å². The molecule has 0 bridgehead atoms. The molecule has 4 heteroatoms. The highest BCUT2D eigenvalue weighted by atomic mass is 28.4. The van der Waals surface area contributed by atoms with E-state index >= 15 is 0 Å². The lowest BCUT2D eigenvalue weighted by Crippen LogP contribution is -2.29. The minimum absolute atomic E-state index is 0.215. The van der Waals surface area contributed by atoms with Crippen molar-refractivity contribution in [1.29, 1.82) is 0 Å². The molecule has 1 atom stereocenters. The van der Waals surface area contributed by atoms with Gasteiger partial charge in [0.05, 0.1) is 6.10 Å². The molecule has 0 spiro atoms. The van der Waals surface area contributed by atoms with Gasteiger partial charge in [-0.15, -0.1) is 0 Å². The monoisotopic (exact) mass is 296 g/mol. The molecule has 0 fully saturated rings. The second-order valence-electron chi connectivity index (χ2n) is 6.91. The maximum Gasteiger partial charge on any atom is 0.242 e.